The Labute approximate surface area is 224 Å². The molecular weight excluding hydrogens is 514 g/mol. The molecule has 3 amide bonds. The summed E-state index contributed by atoms with van der Waals surface area (Å²) < 4.78 is 0. The molecule has 2 rings (SSSR count). The van der Waals surface area contributed by atoms with Crippen molar-refractivity contribution in [3.05, 3.63) is 36.4 Å². The molecule has 0 saturated heterocycles. The number of H-pyrrole nitrogens is 2. The maximum absolute atomic E-state index is 13.2. The summed E-state index contributed by atoms with van der Waals surface area (Å²) in [6, 6.07) is -4.11. The van der Waals surface area contributed by atoms with Crippen molar-refractivity contribution < 1.29 is 24.3 Å². The molecule has 0 aliphatic carbocycles. The molecule has 0 saturated carbocycles. The maximum Gasteiger partial charge on any atom is 0.326 e. The Hall–Kier alpha value is -3.43. The van der Waals surface area contributed by atoms with E-state index in [1.54, 1.807) is 6.20 Å². The van der Waals surface area contributed by atoms with Crippen LogP contribution < -0.4 is 27.4 Å². The number of hydrogen-bond donors (Lipinski definition) is 8. The third-order valence-corrected chi connectivity index (χ3v) is 6.39. The summed E-state index contributed by atoms with van der Waals surface area (Å²) >= 11 is 1.50. The summed E-state index contributed by atoms with van der Waals surface area (Å²) in [7, 11) is 0. The predicted molar refractivity (Wildman–Crippen MR) is 142 cm³/mol. The van der Waals surface area contributed by atoms with Gasteiger partial charge in [-0.25, -0.2) is 14.8 Å². The van der Waals surface area contributed by atoms with Gasteiger partial charge in [-0.1, -0.05) is 0 Å². The Morgan fingerprint density at radius 3 is 1.97 bits per heavy atom. The zero-order valence-electron chi connectivity index (χ0n) is 21.3. The topological polar surface area (TPSA) is 234 Å². The van der Waals surface area contributed by atoms with E-state index < -0.39 is 47.9 Å². The first-order chi connectivity index (χ1) is 18.2. The van der Waals surface area contributed by atoms with Gasteiger partial charge >= 0.3 is 5.97 Å². The number of hydrogen-bond acceptors (Lipinski definition) is 9. The van der Waals surface area contributed by atoms with Crippen molar-refractivity contribution in [1.82, 2.24) is 35.9 Å². The number of nitrogens with two attached hydrogens (primary N) is 2. The van der Waals surface area contributed by atoms with Crippen LogP contribution >= 0.6 is 11.8 Å². The summed E-state index contributed by atoms with van der Waals surface area (Å²) in [5.41, 5.74) is 12.8. The monoisotopic (exact) mass is 551 g/mol. The van der Waals surface area contributed by atoms with Crippen LogP contribution in [0.3, 0.4) is 0 Å². The van der Waals surface area contributed by atoms with Gasteiger partial charge < -0.3 is 42.5 Å². The highest BCUT2D eigenvalue weighted by Gasteiger charge is 2.30. The first kappa shape index (κ1) is 30.8. The number of aromatic nitrogens is 4. The van der Waals surface area contributed by atoms with Gasteiger partial charge in [-0.05, 0) is 44.2 Å². The standard InChI is InChI=1S/C23H37N9O5S/c1-38-7-5-18(30-20(33)16(25)8-14-10-26-12-28-14)22(35)31-17(4-2-3-6-24)21(34)32-19(23(36)37)9-15-11-27-13-29-15/h10-13,16-19H,2-9,24-25H2,1H3,(H,26,28)(H,27,29)(H,30,33)(H,31,35)(H,32,34)(H,36,37). The third-order valence-electron chi connectivity index (χ3n) is 5.75. The summed E-state index contributed by atoms with van der Waals surface area (Å²) in [6.45, 7) is 0.403. The van der Waals surface area contributed by atoms with Crippen LogP contribution in [0.15, 0.2) is 25.0 Å². The van der Waals surface area contributed by atoms with Gasteiger partial charge in [-0.3, -0.25) is 14.4 Å². The Kier molecular flexibility index (Phi) is 13.3. The molecule has 4 unspecified atom stereocenters. The summed E-state index contributed by atoms with van der Waals surface area (Å²) in [5.74, 6) is -2.38. The first-order valence-electron chi connectivity index (χ1n) is 12.3. The minimum absolute atomic E-state index is 0.00876. The summed E-state index contributed by atoms with van der Waals surface area (Å²) in [4.78, 5) is 64.3. The summed E-state index contributed by atoms with van der Waals surface area (Å²) in [5, 5.41) is 17.5. The molecule has 2 aromatic rings. The van der Waals surface area contributed by atoms with Gasteiger partial charge in [0, 0.05) is 36.6 Å². The van der Waals surface area contributed by atoms with Gasteiger partial charge in [0.25, 0.3) is 0 Å². The Morgan fingerprint density at radius 2 is 1.45 bits per heavy atom. The van der Waals surface area contributed by atoms with Crippen LogP contribution in [-0.2, 0) is 32.0 Å². The van der Waals surface area contributed by atoms with Gasteiger partial charge in [0.05, 0.1) is 18.7 Å². The molecular formula is C23H37N9O5S. The van der Waals surface area contributed by atoms with Crippen LogP contribution in [0.2, 0.25) is 0 Å². The largest absolute Gasteiger partial charge is 0.480 e. The first-order valence-corrected chi connectivity index (χ1v) is 13.7. The third kappa shape index (κ3) is 10.5. The predicted octanol–water partition coefficient (Wildman–Crippen LogP) is -1.33. The van der Waals surface area contributed by atoms with Crippen molar-refractivity contribution >= 4 is 35.5 Å². The number of carbonyl (C=O) groups excluding carboxylic acids is 3. The molecule has 14 nitrogen and oxygen atoms in total. The lowest BCUT2D eigenvalue weighted by molar-refractivity contribution is -0.142. The molecule has 0 spiro atoms. The molecule has 15 heteroatoms. The van der Waals surface area contributed by atoms with Crippen molar-refractivity contribution in [2.75, 3.05) is 18.6 Å². The van der Waals surface area contributed by atoms with Crippen LogP contribution in [0.4, 0.5) is 0 Å². The molecule has 4 atom stereocenters. The van der Waals surface area contributed by atoms with Gasteiger partial charge in [0.15, 0.2) is 0 Å². The Bertz CT molecular complexity index is 1000. The highest BCUT2D eigenvalue weighted by molar-refractivity contribution is 7.98. The van der Waals surface area contributed by atoms with Crippen LogP contribution in [0, 0.1) is 0 Å². The molecule has 0 aliphatic rings. The van der Waals surface area contributed by atoms with Crippen LogP contribution in [0.1, 0.15) is 37.1 Å². The smallest absolute Gasteiger partial charge is 0.326 e. The van der Waals surface area contributed by atoms with Crippen molar-refractivity contribution in [3.8, 4) is 0 Å². The van der Waals surface area contributed by atoms with E-state index in [4.69, 9.17) is 11.5 Å². The number of aromatic amines is 2. The molecule has 0 radical (unpaired) electrons. The quantitative estimate of drug-likeness (QED) is 0.102. The zero-order valence-corrected chi connectivity index (χ0v) is 22.1. The Balaban J connectivity index is 2.09. The van der Waals surface area contributed by atoms with Gasteiger partial charge in [-0.2, -0.15) is 11.8 Å². The van der Waals surface area contributed by atoms with Crippen LogP contribution in [0.25, 0.3) is 0 Å². The second-order valence-electron chi connectivity index (χ2n) is 8.76. The van der Waals surface area contributed by atoms with E-state index in [0.29, 0.717) is 42.9 Å². The second kappa shape index (κ2) is 16.4. The molecule has 2 heterocycles. The van der Waals surface area contributed by atoms with Gasteiger partial charge in [0.1, 0.15) is 18.1 Å². The van der Waals surface area contributed by atoms with E-state index in [0.717, 1.165) is 0 Å². The SMILES string of the molecule is CSCCC(NC(=O)C(N)Cc1cnc[nH]1)C(=O)NC(CCCCN)C(=O)NC(Cc1cnc[nH]1)C(=O)O. The normalized spacial score (nSPS) is 14.2. The average molecular weight is 552 g/mol. The van der Waals surface area contributed by atoms with Crippen LogP contribution in [-0.4, -0.2) is 91.5 Å². The molecule has 10 N–H and O–H groups in total. The number of imidazole rings is 2. The number of amides is 3. The van der Waals surface area contributed by atoms with Crippen molar-refractivity contribution in [3.63, 3.8) is 0 Å². The molecule has 210 valence electrons. The number of nitrogens with zero attached hydrogens (tertiary/aromatic N) is 2. The molecule has 38 heavy (non-hydrogen) atoms. The van der Waals surface area contributed by atoms with E-state index in [9.17, 15) is 24.3 Å². The van der Waals surface area contributed by atoms with E-state index in [-0.39, 0.29) is 19.3 Å². The number of unbranched alkanes of at least 4 members (excludes halogenated alkanes) is 1. The number of nitrogens with one attached hydrogen (secondary N) is 5. The second-order valence-corrected chi connectivity index (χ2v) is 9.74. The van der Waals surface area contributed by atoms with E-state index in [1.807, 2.05) is 6.26 Å². The van der Waals surface area contributed by atoms with Crippen molar-refractivity contribution in [1.29, 1.82) is 0 Å². The van der Waals surface area contributed by atoms with E-state index in [1.165, 1.54) is 30.6 Å². The molecule has 2 aromatic heterocycles. The number of carboxylic acids is 1. The minimum Gasteiger partial charge on any atom is -0.480 e. The lowest BCUT2D eigenvalue weighted by Crippen LogP contribution is -2.57. The average Bonchev–Trinajstić information content (AvgIpc) is 3.59. The van der Waals surface area contributed by atoms with Crippen LogP contribution in [0.5, 0.6) is 0 Å². The zero-order chi connectivity index (χ0) is 27.9. The van der Waals surface area contributed by atoms with Gasteiger partial charge in [-0.15, -0.1) is 0 Å². The number of rotatable bonds is 18. The van der Waals surface area contributed by atoms with Crippen molar-refractivity contribution in [2.24, 2.45) is 11.5 Å². The number of carbonyl (C=O) groups is 4. The van der Waals surface area contributed by atoms with Gasteiger partial charge in [0.2, 0.25) is 17.7 Å². The lowest BCUT2D eigenvalue weighted by Gasteiger charge is -2.25. The fourth-order valence-electron chi connectivity index (χ4n) is 3.63. The Morgan fingerprint density at radius 1 is 0.895 bits per heavy atom. The number of carboxylic acid groups (broad SMARTS) is 1. The van der Waals surface area contributed by atoms with E-state index in [2.05, 4.69) is 35.9 Å². The molecule has 0 fully saturated rings. The lowest BCUT2D eigenvalue weighted by atomic mass is 10.1. The number of thioether (sulfide) groups is 1. The fraction of sp³-hybridized carbons (Fsp3) is 0.565. The highest BCUT2D eigenvalue weighted by atomic mass is 32.2. The van der Waals surface area contributed by atoms with Crippen molar-refractivity contribution in [2.45, 2.75) is 62.7 Å². The van der Waals surface area contributed by atoms with E-state index >= 15 is 0 Å². The maximum atomic E-state index is 13.2. The summed E-state index contributed by atoms with van der Waals surface area (Å²) in [6.07, 6.45) is 9.70. The molecule has 0 aromatic carbocycles. The molecule has 0 bridgehead atoms. The minimum atomic E-state index is -1.23. The fourth-order valence-corrected chi connectivity index (χ4v) is 4.10. The molecule has 0 aliphatic heterocycles. The highest BCUT2D eigenvalue weighted by Crippen LogP contribution is 2.08. The number of aliphatic carboxylic acids is 1.